The summed E-state index contributed by atoms with van der Waals surface area (Å²) in [4.78, 5) is 0. The summed E-state index contributed by atoms with van der Waals surface area (Å²) in [5.41, 5.74) is 5.11. The van der Waals surface area contributed by atoms with E-state index in [1.807, 2.05) is 4.68 Å². The maximum absolute atomic E-state index is 4.24. The summed E-state index contributed by atoms with van der Waals surface area (Å²) in [6, 6.07) is 6.55. The molecule has 0 amide bonds. The largest absolute Gasteiger partial charge is 0.248 e. The van der Waals surface area contributed by atoms with Gasteiger partial charge in [0, 0.05) is 12.1 Å². The van der Waals surface area contributed by atoms with Gasteiger partial charge in [-0.25, -0.2) is 4.68 Å². The van der Waals surface area contributed by atoms with E-state index >= 15 is 0 Å². The number of aryl methyl sites for hydroxylation is 2. The van der Waals surface area contributed by atoms with Crippen molar-refractivity contribution >= 4 is 0 Å². The third-order valence-corrected chi connectivity index (χ3v) is 3.39. The van der Waals surface area contributed by atoms with Crippen molar-refractivity contribution in [1.82, 2.24) is 15.0 Å². The van der Waals surface area contributed by atoms with E-state index in [9.17, 15) is 0 Å². The average molecular weight is 227 g/mol. The van der Waals surface area contributed by atoms with Gasteiger partial charge in [0.05, 0.1) is 12.2 Å². The fourth-order valence-electron chi connectivity index (χ4n) is 2.10. The highest BCUT2D eigenvalue weighted by Crippen LogP contribution is 2.38. The van der Waals surface area contributed by atoms with Crippen molar-refractivity contribution in [3.05, 3.63) is 46.8 Å². The molecule has 0 atom stereocenters. The summed E-state index contributed by atoms with van der Waals surface area (Å²) in [6.07, 6.45) is 4.66. The first-order valence-electron chi connectivity index (χ1n) is 6.18. The fourth-order valence-corrected chi connectivity index (χ4v) is 2.10. The van der Waals surface area contributed by atoms with E-state index in [0.717, 1.165) is 12.2 Å². The normalized spacial score (nSPS) is 15.2. The van der Waals surface area contributed by atoms with Gasteiger partial charge in [-0.05, 0) is 37.8 Å². The van der Waals surface area contributed by atoms with Crippen LogP contribution in [0.4, 0.5) is 0 Å². The molecular formula is C14H17N3. The lowest BCUT2D eigenvalue weighted by Gasteiger charge is -2.06. The minimum atomic E-state index is 0.683. The van der Waals surface area contributed by atoms with E-state index in [2.05, 4.69) is 48.6 Å². The zero-order valence-electron chi connectivity index (χ0n) is 10.3. The van der Waals surface area contributed by atoms with E-state index in [0.29, 0.717) is 5.92 Å². The Morgan fingerprint density at radius 2 is 2.12 bits per heavy atom. The summed E-state index contributed by atoms with van der Waals surface area (Å²) in [5.74, 6) is 0.683. The number of benzene rings is 1. The molecular weight excluding hydrogens is 210 g/mol. The van der Waals surface area contributed by atoms with Crippen LogP contribution in [0.1, 0.15) is 41.1 Å². The van der Waals surface area contributed by atoms with E-state index < -0.39 is 0 Å². The molecule has 0 aliphatic heterocycles. The zero-order chi connectivity index (χ0) is 11.8. The summed E-state index contributed by atoms with van der Waals surface area (Å²) < 4.78 is 1.95. The lowest BCUT2D eigenvalue weighted by molar-refractivity contribution is 0.647. The Labute approximate surface area is 101 Å². The van der Waals surface area contributed by atoms with Gasteiger partial charge in [0.1, 0.15) is 0 Å². The maximum atomic E-state index is 4.24. The highest BCUT2D eigenvalue weighted by atomic mass is 15.4. The molecule has 3 rings (SSSR count). The predicted octanol–water partition coefficient (Wildman–Crippen LogP) is 2.82. The van der Waals surface area contributed by atoms with Gasteiger partial charge in [0.25, 0.3) is 0 Å². The molecule has 2 aromatic rings. The molecule has 0 bridgehead atoms. The van der Waals surface area contributed by atoms with Crippen molar-refractivity contribution in [2.45, 2.75) is 39.2 Å². The van der Waals surface area contributed by atoms with Crippen LogP contribution >= 0.6 is 0 Å². The summed E-state index contributed by atoms with van der Waals surface area (Å²) >= 11 is 0. The first kappa shape index (κ1) is 10.5. The molecule has 1 aliphatic rings. The minimum absolute atomic E-state index is 0.683. The first-order valence-corrected chi connectivity index (χ1v) is 6.18. The molecule has 0 saturated heterocycles. The van der Waals surface area contributed by atoms with Crippen LogP contribution in [-0.2, 0) is 6.54 Å². The predicted molar refractivity (Wildman–Crippen MR) is 67.0 cm³/mol. The van der Waals surface area contributed by atoms with Crippen LogP contribution < -0.4 is 0 Å². The molecule has 17 heavy (non-hydrogen) atoms. The molecule has 1 aliphatic carbocycles. The highest BCUT2D eigenvalue weighted by Gasteiger charge is 2.26. The summed E-state index contributed by atoms with van der Waals surface area (Å²) in [6.45, 7) is 5.10. The highest BCUT2D eigenvalue weighted by molar-refractivity contribution is 5.30. The number of nitrogens with zero attached hydrogens (tertiary/aromatic N) is 3. The van der Waals surface area contributed by atoms with Crippen molar-refractivity contribution in [1.29, 1.82) is 0 Å². The second kappa shape index (κ2) is 3.99. The van der Waals surface area contributed by atoms with E-state index in [1.165, 1.54) is 29.5 Å². The van der Waals surface area contributed by atoms with Gasteiger partial charge in [-0.15, -0.1) is 5.10 Å². The van der Waals surface area contributed by atoms with Gasteiger partial charge in [-0.2, -0.15) is 0 Å². The van der Waals surface area contributed by atoms with E-state index in [-0.39, 0.29) is 0 Å². The van der Waals surface area contributed by atoms with Crippen LogP contribution in [0, 0.1) is 13.8 Å². The minimum Gasteiger partial charge on any atom is -0.248 e. The number of hydrogen-bond acceptors (Lipinski definition) is 2. The molecule has 0 spiro atoms. The summed E-state index contributed by atoms with van der Waals surface area (Å²) in [5, 5.41) is 8.45. The molecule has 1 aromatic carbocycles. The van der Waals surface area contributed by atoms with Crippen LogP contribution in [0.2, 0.25) is 0 Å². The SMILES string of the molecule is Cc1ccc(C)c(Cn2cc(C3CC3)nn2)c1. The fraction of sp³-hybridized carbons (Fsp3) is 0.429. The van der Waals surface area contributed by atoms with Crippen molar-refractivity contribution in [2.24, 2.45) is 0 Å². The van der Waals surface area contributed by atoms with Gasteiger partial charge >= 0.3 is 0 Å². The van der Waals surface area contributed by atoms with Gasteiger partial charge in [0.2, 0.25) is 0 Å². The average Bonchev–Trinajstić information content (AvgIpc) is 3.05. The van der Waals surface area contributed by atoms with Gasteiger partial charge in [0.15, 0.2) is 0 Å². The topological polar surface area (TPSA) is 30.7 Å². The maximum Gasteiger partial charge on any atom is 0.0858 e. The van der Waals surface area contributed by atoms with E-state index in [1.54, 1.807) is 0 Å². The molecule has 1 saturated carbocycles. The Morgan fingerprint density at radius 3 is 2.88 bits per heavy atom. The van der Waals surface area contributed by atoms with Gasteiger partial charge in [-0.1, -0.05) is 29.0 Å². The Kier molecular flexibility index (Phi) is 2.46. The third-order valence-electron chi connectivity index (χ3n) is 3.39. The van der Waals surface area contributed by atoms with E-state index in [4.69, 9.17) is 0 Å². The second-order valence-electron chi connectivity index (χ2n) is 5.05. The zero-order valence-corrected chi connectivity index (χ0v) is 10.3. The molecule has 1 heterocycles. The molecule has 0 unspecified atom stereocenters. The van der Waals surface area contributed by atoms with Gasteiger partial charge in [-0.3, -0.25) is 0 Å². The van der Waals surface area contributed by atoms with Gasteiger partial charge < -0.3 is 0 Å². The Balaban J connectivity index is 1.82. The third kappa shape index (κ3) is 2.23. The number of hydrogen-bond donors (Lipinski definition) is 0. The van der Waals surface area contributed by atoms with Crippen LogP contribution in [0.25, 0.3) is 0 Å². The Morgan fingerprint density at radius 1 is 1.29 bits per heavy atom. The van der Waals surface area contributed by atoms with Crippen LogP contribution in [0.5, 0.6) is 0 Å². The standard InChI is InChI=1S/C14H17N3/c1-10-3-4-11(2)13(7-10)8-17-9-14(15-16-17)12-5-6-12/h3-4,7,9,12H,5-6,8H2,1-2H3. The lowest BCUT2D eigenvalue weighted by Crippen LogP contribution is -2.02. The van der Waals surface area contributed by atoms with Crippen molar-refractivity contribution in [3.8, 4) is 0 Å². The number of rotatable bonds is 3. The summed E-state index contributed by atoms with van der Waals surface area (Å²) in [7, 11) is 0. The molecule has 1 aromatic heterocycles. The molecule has 3 nitrogen and oxygen atoms in total. The van der Waals surface area contributed by atoms with Crippen LogP contribution in [0.15, 0.2) is 24.4 Å². The first-order chi connectivity index (χ1) is 8.22. The molecule has 3 heteroatoms. The van der Waals surface area contributed by atoms with Crippen LogP contribution in [0.3, 0.4) is 0 Å². The Hall–Kier alpha value is -1.64. The van der Waals surface area contributed by atoms with Crippen molar-refractivity contribution in [2.75, 3.05) is 0 Å². The molecule has 88 valence electrons. The monoisotopic (exact) mass is 227 g/mol. The van der Waals surface area contributed by atoms with Crippen molar-refractivity contribution < 1.29 is 0 Å². The number of aromatic nitrogens is 3. The van der Waals surface area contributed by atoms with Crippen molar-refractivity contribution in [3.63, 3.8) is 0 Å². The molecule has 0 N–H and O–H groups in total. The molecule has 0 radical (unpaired) electrons. The second-order valence-corrected chi connectivity index (χ2v) is 5.05. The smallest absolute Gasteiger partial charge is 0.0858 e. The Bertz CT molecular complexity index is 538. The quantitative estimate of drug-likeness (QED) is 0.807. The lowest BCUT2D eigenvalue weighted by atomic mass is 10.1. The van der Waals surface area contributed by atoms with Crippen LogP contribution in [-0.4, -0.2) is 15.0 Å². The molecule has 1 fully saturated rings.